The Bertz CT molecular complexity index is 428. The minimum atomic E-state index is -0.514. The monoisotopic (exact) mass is 394 g/mol. The lowest BCUT2D eigenvalue weighted by Crippen LogP contribution is -2.19. The summed E-state index contributed by atoms with van der Waals surface area (Å²) < 4.78 is 4.83. The molecule has 0 amide bonds. The highest BCUT2D eigenvalue weighted by atomic mass is 16.6. The van der Waals surface area contributed by atoms with Gasteiger partial charge in [0.05, 0.1) is 5.92 Å². The quantitative estimate of drug-likeness (QED) is 0.0803. The Morgan fingerprint density at radius 3 is 1.89 bits per heavy atom. The highest BCUT2D eigenvalue weighted by Gasteiger charge is 2.17. The Kier molecular flexibility index (Phi) is 19.2. The molecule has 1 atom stereocenters. The molecular formula is C24H42O4. The SMILES string of the molecule is CCCCCCCCC=CCCCCCCCC(=O)OC(=O)C(C)CCC=O. The molecule has 0 aliphatic carbocycles. The molecule has 0 aliphatic rings. The van der Waals surface area contributed by atoms with Gasteiger partial charge in [-0.05, 0) is 38.5 Å². The van der Waals surface area contributed by atoms with Crippen molar-refractivity contribution in [2.45, 2.75) is 117 Å². The van der Waals surface area contributed by atoms with Crippen LogP contribution in [0.4, 0.5) is 0 Å². The van der Waals surface area contributed by atoms with E-state index < -0.39 is 17.9 Å². The van der Waals surface area contributed by atoms with Gasteiger partial charge in [-0.2, -0.15) is 0 Å². The van der Waals surface area contributed by atoms with E-state index in [0.717, 1.165) is 32.0 Å². The first kappa shape index (κ1) is 26.6. The number of hydrogen-bond acceptors (Lipinski definition) is 4. The first-order chi connectivity index (χ1) is 13.6. The van der Waals surface area contributed by atoms with E-state index >= 15 is 0 Å². The van der Waals surface area contributed by atoms with Crippen molar-refractivity contribution in [2.24, 2.45) is 5.92 Å². The predicted molar refractivity (Wildman–Crippen MR) is 115 cm³/mol. The Labute approximate surface area is 172 Å². The number of aldehydes is 1. The summed E-state index contributed by atoms with van der Waals surface area (Å²) in [4.78, 5) is 33.6. The van der Waals surface area contributed by atoms with Crippen molar-refractivity contribution < 1.29 is 19.1 Å². The van der Waals surface area contributed by atoms with Gasteiger partial charge in [-0.25, -0.2) is 0 Å². The van der Waals surface area contributed by atoms with Crippen molar-refractivity contribution >= 4 is 18.2 Å². The zero-order valence-electron chi connectivity index (χ0n) is 18.3. The van der Waals surface area contributed by atoms with Crippen molar-refractivity contribution in [2.75, 3.05) is 0 Å². The van der Waals surface area contributed by atoms with Crippen LogP contribution in [0, 0.1) is 5.92 Å². The van der Waals surface area contributed by atoms with Crippen LogP contribution in [0.1, 0.15) is 117 Å². The second-order valence-electron chi connectivity index (χ2n) is 7.77. The van der Waals surface area contributed by atoms with Gasteiger partial charge in [0.1, 0.15) is 6.29 Å². The Morgan fingerprint density at radius 2 is 1.32 bits per heavy atom. The van der Waals surface area contributed by atoms with E-state index in [1.165, 1.54) is 57.8 Å². The van der Waals surface area contributed by atoms with Gasteiger partial charge in [-0.3, -0.25) is 9.59 Å². The van der Waals surface area contributed by atoms with E-state index in [0.29, 0.717) is 19.3 Å². The summed E-state index contributed by atoms with van der Waals surface area (Å²) in [6.07, 6.45) is 22.2. The summed E-state index contributed by atoms with van der Waals surface area (Å²) in [7, 11) is 0. The third-order valence-electron chi connectivity index (χ3n) is 4.98. The van der Waals surface area contributed by atoms with E-state index in [-0.39, 0.29) is 0 Å². The normalized spacial score (nSPS) is 12.2. The second-order valence-corrected chi connectivity index (χ2v) is 7.77. The maximum absolute atomic E-state index is 11.7. The van der Waals surface area contributed by atoms with Crippen LogP contribution in [0.5, 0.6) is 0 Å². The highest BCUT2D eigenvalue weighted by molar-refractivity contribution is 5.86. The number of unbranched alkanes of at least 4 members (excludes halogenated alkanes) is 11. The maximum atomic E-state index is 11.7. The summed E-state index contributed by atoms with van der Waals surface area (Å²) in [5.41, 5.74) is 0. The topological polar surface area (TPSA) is 60.4 Å². The third-order valence-corrected chi connectivity index (χ3v) is 4.98. The zero-order valence-corrected chi connectivity index (χ0v) is 18.3. The van der Waals surface area contributed by atoms with Crippen LogP contribution in [0.2, 0.25) is 0 Å². The first-order valence-corrected chi connectivity index (χ1v) is 11.4. The molecule has 0 rings (SSSR count). The van der Waals surface area contributed by atoms with Gasteiger partial charge < -0.3 is 9.53 Å². The number of ether oxygens (including phenoxy) is 1. The minimum absolute atomic E-state index is 0.296. The molecule has 0 saturated carbocycles. The molecule has 0 heterocycles. The van der Waals surface area contributed by atoms with Crippen LogP contribution < -0.4 is 0 Å². The van der Waals surface area contributed by atoms with Gasteiger partial charge in [-0.1, -0.05) is 77.4 Å². The summed E-state index contributed by atoms with van der Waals surface area (Å²) in [6, 6.07) is 0. The van der Waals surface area contributed by atoms with Crippen molar-refractivity contribution in [3.05, 3.63) is 12.2 Å². The molecule has 4 nitrogen and oxygen atoms in total. The van der Waals surface area contributed by atoms with Gasteiger partial charge in [0, 0.05) is 12.8 Å². The lowest BCUT2D eigenvalue weighted by molar-refractivity contribution is -0.162. The van der Waals surface area contributed by atoms with Gasteiger partial charge >= 0.3 is 11.9 Å². The molecule has 1 unspecified atom stereocenters. The maximum Gasteiger partial charge on any atom is 0.316 e. The second kappa shape index (κ2) is 20.3. The van der Waals surface area contributed by atoms with Crippen molar-refractivity contribution in [3.8, 4) is 0 Å². The van der Waals surface area contributed by atoms with Crippen LogP contribution in [0.3, 0.4) is 0 Å². The van der Waals surface area contributed by atoms with Crippen LogP contribution in [-0.4, -0.2) is 18.2 Å². The smallest absolute Gasteiger partial charge is 0.316 e. The van der Waals surface area contributed by atoms with Crippen LogP contribution in [0.25, 0.3) is 0 Å². The average molecular weight is 395 g/mol. The molecule has 0 aromatic carbocycles. The van der Waals surface area contributed by atoms with Crippen molar-refractivity contribution in [1.29, 1.82) is 0 Å². The summed E-state index contributed by atoms with van der Waals surface area (Å²) in [6.45, 7) is 3.93. The zero-order chi connectivity index (χ0) is 20.9. The Hall–Kier alpha value is -1.45. The molecule has 0 N–H and O–H groups in total. The van der Waals surface area contributed by atoms with Crippen molar-refractivity contribution in [1.82, 2.24) is 0 Å². The van der Waals surface area contributed by atoms with Crippen molar-refractivity contribution in [3.63, 3.8) is 0 Å². The lowest BCUT2D eigenvalue weighted by Gasteiger charge is -2.08. The van der Waals surface area contributed by atoms with E-state index in [9.17, 15) is 14.4 Å². The fourth-order valence-corrected chi connectivity index (χ4v) is 3.04. The Balaban J connectivity index is 3.42. The largest absolute Gasteiger partial charge is 0.393 e. The fraction of sp³-hybridized carbons (Fsp3) is 0.792. The number of allylic oxidation sites excluding steroid dienone is 2. The molecule has 0 aliphatic heterocycles. The summed E-state index contributed by atoms with van der Waals surface area (Å²) in [5, 5.41) is 0. The summed E-state index contributed by atoms with van der Waals surface area (Å²) >= 11 is 0. The number of carbonyl (C=O) groups is 3. The van der Waals surface area contributed by atoms with Crippen LogP contribution >= 0.6 is 0 Å². The molecule has 0 aromatic heterocycles. The van der Waals surface area contributed by atoms with Crippen LogP contribution in [0.15, 0.2) is 12.2 Å². The molecule has 0 spiro atoms. The summed E-state index contributed by atoms with van der Waals surface area (Å²) in [5.74, 6) is -1.36. The lowest BCUT2D eigenvalue weighted by atomic mass is 10.1. The number of carbonyl (C=O) groups excluding carboxylic acids is 3. The highest BCUT2D eigenvalue weighted by Crippen LogP contribution is 2.11. The molecule has 0 saturated heterocycles. The third kappa shape index (κ3) is 17.9. The van der Waals surface area contributed by atoms with Gasteiger partial charge in [0.15, 0.2) is 0 Å². The average Bonchev–Trinajstić information content (AvgIpc) is 2.68. The van der Waals surface area contributed by atoms with E-state index in [1.54, 1.807) is 6.92 Å². The molecule has 0 bridgehead atoms. The van der Waals surface area contributed by atoms with Gasteiger partial charge in [0.25, 0.3) is 0 Å². The van der Waals surface area contributed by atoms with E-state index in [1.807, 2.05) is 0 Å². The number of rotatable bonds is 19. The molecule has 0 radical (unpaired) electrons. The molecular weight excluding hydrogens is 352 g/mol. The molecule has 28 heavy (non-hydrogen) atoms. The van der Waals surface area contributed by atoms with Crippen LogP contribution in [-0.2, 0) is 19.1 Å². The molecule has 0 aromatic rings. The Morgan fingerprint density at radius 1 is 0.786 bits per heavy atom. The van der Waals surface area contributed by atoms with Gasteiger partial charge in [-0.15, -0.1) is 0 Å². The minimum Gasteiger partial charge on any atom is -0.393 e. The number of esters is 2. The predicted octanol–water partition coefficient (Wildman–Crippen LogP) is 6.71. The standard InChI is InChI=1S/C24H42O4/c1-3-4-5-6-7-8-9-10-11-12-13-14-15-16-17-20-23(26)28-24(27)22(2)19-18-21-25/h10-11,21-22H,3-9,12-20H2,1-2H3. The molecule has 162 valence electrons. The van der Waals surface area contributed by atoms with E-state index in [4.69, 9.17) is 4.74 Å². The first-order valence-electron chi connectivity index (χ1n) is 11.4. The van der Waals surface area contributed by atoms with Gasteiger partial charge in [0.2, 0.25) is 0 Å². The number of hydrogen-bond donors (Lipinski definition) is 0. The van der Waals surface area contributed by atoms with E-state index in [2.05, 4.69) is 19.1 Å². The molecule has 0 fully saturated rings. The fourth-order valence-electron chi connectivity index (χ4n) is 3.04. The molecule has 4 heteroatoms.